The van der Waals surface area contributed by atoms with Gasteiger partial charge in [-0.15, -0.1) is 11.3 Å². The number of hydrogen-bond acceptors (Lipinski definition) is 4. The van der Waals surface area contributed by atoms with E-state index in [9.17, 15) is 4.79 Å². The molecule has 1 aliphatic carbocycles. The number of rotatable bonds is 3. The summed E-state index contributed by atoms with van der Waals surface area (Å²) in [6.45, 7) is 6.15. The van der Waals surface area contributed by atoms with Gasteiger partial charge >= 0.3 is 5.97 Å². The van der Waals surface area contributed by atoms with Gasteiger partial charge in [0.2, 0.25) is 0 Å². The smallest absolute Gasteiger partial charge is 0.355 e. The first-order chi connectivity index (χ1) is 6.90. The largest absolute Gasteiger partial charge is 0.476 e. The number of aromatic nitrogens is 1. The zero-order valence-electron chi connectivity index (χ0n) is 9.00. The number of nitrogens with zero attached hydrogens (tertiary/aromatic N) is 1. The van der Waals surface area contributed by atoms with Crippen molar-refractivity contribution in [2.24, 2.45) is 5.41 Å². The van der Waals surface area contributed by atoms with E-state index in [-0.39, 0.29) is 5.69 Å². The quantitative estimate of drug-likeness (QED) is 0.830. The lowest BCUT2D eigenvalue weighted by Gasteiger charge is -2.03. The number of aromatic carboxylic acids is 1. The van der Waals surface area contributed by atoms with Crippen LogP contribution >= 0.6 is 11.3 Å². The standard InChI is InChI=1S/C10H14N2O2S/c1-5-7(8(13)14)12-9(15-5)11-6-4-10(6,2)3/h6H,4H2,1-3H3,(H,11,12)(H,13,14). The molecule has 0 radical (unpaired) electrons. The first-order valence-electron chi connectivity index (χ1n) is 4.87. The molecule has 1 aromatic rings. The molecule has 0 amide bonds. The van der Waals surface area contributed by atoms with Crippen LogP contribution in [-0.4, -0.2) is 22.1 Å². The van der Waals surface area contributed by atoms with Gasteiger partial charge in [-0.3, -0.25) is 0 Å². The highest BCUT2D eigenvalue weighted by Gasteiger charge is 2.46. The van der Waals surface area contributed by atoms with Crippen LogP contribution in [0.2, 0.25) is 0 Å². The van der Waals surface area contributed by atoms with E-state index in [1.54, 1.807) is 6.92 Å². The Morgan fingerprint density at radius 1 is 1.67 bits per heavy atom. The Balaban J connectivity index is 2.11. The number of thiazole rings is 1. The summed E-state index contributed by atoms with van der Waals surface area (Å²) in [5.74, 6) is -0.952. The minimum Gasteiger partial charge on any atom is -0.476 e. The Hall–Kier alpha value is -1.10. The van der Waals surface area contributed by atoms with Crippen molar-refractivity contribution in [3.05, 3.63) is 10.6 Å². The fourth-order valence-electron chi connectivity index (χ4n) is 1.52. The number of aryl methyl sites for hydroxylation is 1. The van der Waals surface area contributed by atoms with Gasteiger partial charge in [0.15, 0.2) is 10.8 Å². The van der Waals surface area contributed by atoms with Crippen molar-refractivity contribution >= 4 is 22.4 Å². The molecule has 1 aliphatic rings. The lowest BCUT2D eigenvalue weighted by molar-refractivity contribution is 0.0690. The fraction of sp³-hybridized carbons (Fsp3) is 0.600. The number of carboxylic acids is 1. The van der Waals surface area contributed by atoms with Crippen LogP contribution in [0.4, 0.5) is 5.13 Å². The summed E-state index contributed by atoms with van der Waals surface area (Å²) in [4.78, 5) is 15.6. The lowest BCUT2D eigenvalue weighted by atomic mass is 10.2. The molecular weight excluding hydrogens is 212 g/mol. The molecule has 0 spiro atoms. The molecule has 5 heteroatoms. The van der Waals surface area contributed by atoms with Crippen LogP contribution in [0.1, 0.15) is 35.6 Å². The summed E-state index contributed by atoms with van der Waals surface area (Å²) in [6, 6.07) is 0.435. The van der Waals surface area contributed by atoms with Crippen molar-refractivity contribution in [1.82, 2.24) is 4.98 Å². The van der Waals surface area contributed by atoms with Crippen LogP contribution in [0.3, 0.4) is 0 Å². The summed E-state index contributed by atoms with van der Waals surface area (Å²) < 4.78 is 0. The van der Waals surface area contributed by atoms with Crippen molar-refractivity contribution in [2.75, 3.05) is 5.32 Å². The Bertz CT molecular complexity index is 412. The highest BCUT2D eigenvalue weighted by molar-refractivity contribution is 7.15. The van der Waals surface area contributed by atoms with Gasteiger partial charge in [-0.2, -0.15) is 0 Å². The Kier molecular flexibility index (Phi) is 2.22. The van der Waals surface area contributed by atoms with E-state index in [0.29, 0.717) is 11.5 Å². The molecule has 4 nitrogen and oxygen atoms in total. The molecule has 82 valence electrons. The van der Waals surface area contributed by atoms with E-state index in [2.05, 4.69) is 24.1 Å². The van der Waals surface area contributed by atoms with Gasteiger partial charge in [-0.25, -0.2) is 9.78 Å². The Morgan fingerprint density at radius 2 is 2.27 bits per heavy atom. The predicted molar refractivity (Wildman–Crippen MR) is 59.6 cm³/mol. The topological polar surface area (TPSA) is 62.2 Å². The van der Waals surface area contributed by atoms with Crippen molar-refractivity contribution in [3.63, 3.8) is 0 Å². The molecule has 1 heterocycles. The highest BCUT2D eigenvalue weighted by atomic mass is 32.1. The average Bonchev–Trinajstić information content (AvgIpc) is 2.55. The zero-order valence-corrected chi connectivity index (χ0v) is 9.81. The van der Waals surface area contributed by atoms with Gasteiger partial charge in [-0.05, 0) is 18.8 Å². The van der Waals surface area contributed by atoms with E-state index in [1.165, 1.54) is 11.3 Å². The third-order valence-corrected chi connectivity index (χ3v) is 3.71. The van der Waals surface area contributed by atoms with E-state index < -0.39 is 5.97 Å². The van der Waals surface area contributed by atoms with Crippen LogP contribution in [0.25, 0.3) is 0 Å². The van der Waals surface area contributed by atoms with E-state index in [0.717, 1.165) is 16.4 Å². The highest BCUT2D eigenvalue weighted by Crippen LogP contribution is 2.46. The monoisotopic (exact) mass is 226 g/mol. The molecule has 0 aromatic carbocycles. The third-order valence-electron chi connectivity index (χ3n) is 2.81. The minimum atomic E-state index is -0.952. The number of carbonyl (C=O) groups is 1. The molecule has 0 aliphatic heterocycles. The first-order valence-corrected chi connectivity index (χ1v) is 5.69. The second-order valence-electron chi connectivity index (χ2n) is 4.62. The summed E-state index contributed by atoms with van der Waals surface area (Å²) in [6.07, 6.45) is 1.12. The third kappa shape index (κ3) is 1.97. The van der Waals surface area contributed by atoms with E-state index in [1.807, 2.05) is 0 Å². The lowest BCUT2D eigenvalue weighted by Crippen LogP contribution is -2.08. The van der Waals surface area contributed by atoms with Gasteiger partial charge in [0.25, 0.3) is 0 Å². The Labute approximate surface area is 92.3 Å². The maximum atomic E-state index is 10.8. The number of carboxylic acid groups (broad SMARTS) is 1. The van der Waals surface area contributed by atoms with Crippen molar-refractivity contribution in [3.8, 4) is 0 Å². The van der Waals surface area contributed by atoms with Crippen molar-refractivity contribution < 1.29 is 9.90 Å². The molecular formula is C10H14N2O2S. The van der Waals surface area contributed by atoms with E-state index >= 15 is 0 Å². The molecule has 0 saturated heterocycles. The van der Waals surface area contributed by atoms with E-state index in [4.69, 9.17) is 5.11 Å². The van der Waals surface area contributed by atoms with Crippen molar-refractivity contribution in [2.45, 2.75) is 33.2 Å². The second-order valence-corrected chi connectivity index (χ2v) is 5.82. The molecule has 15 heavy (non-hydrogen) atoms. The molecule has 1 fully saturated rings. The molecule has 1 aromatic heterocycles. The van der Waals surface area contributed by atoms with Gasteiger partial charge in [0.1, 0.15) is 0 Å². The SMILES string of the molecule is Cc1sc(NC2CC2(C)C)nc1C(=O)O. The molecule has 1 saturated carbocycles. The normalized spacial score (nSPS) is 22.5. The predicted octanol–water partition coefficient (Wildman–Crippen LogP) is 2.36. The summed E-state index contributed by atoms with van der Waals surface area (Å²) in [7, 11) is 0. The first kappa shape index (κ1) is 10.4. The average molecular weight is 226 g/mol. The maximum Gasteiger partial charge on any atom is 0.355 e. The van der Waals surface area contributed by atoms with Gasteiger partial charge in [0.05, 0.1) is 0 Å². The van der Waals surface area contributed by atoms with Crippen LogP contribution in [0.5, 0.6) is 0 Å². The minimum absolute atomic E-state index is 0.168. The van der Waals surface area contributed by atoms with Crippen LogP contribution in [0.15, 0.2) is 0 Å². The maximum absolute atomic E-state index is 10.8. The number of hydrogen-bond donors (Lipinski definition) is 2. The van der Waals surface area contributed by atoms with Gasteiger partial charge in [-0.1, -0.05) is 13.8 Å². The summed E-state index contributed by atoms with van der Waals surface area (Å²) in [5.41, 5.74) is 0.490. The van der Waals surface area contributed by atoms with Crippen LogP contribution < -0.4 is 5.32 Å². The summed E-state index contributed by atoms with van der Waals surface area (Å²) >= 11 is 1.41. The zero-order chi connectivity index (χ0) is 11.2. The molecule has 2 rings (SSSR count). The Morgan fingerprint density at radius 3 is 2.67 bits per heavy atom. The van der Waals surface area contributed by atoms with Crippen LogP contribution in [-0.2, 0) is 0 Å². The van der Waals surface area contributed by atoms with Crippen molar-refractivity contribution in [1.29, 1.82) is 0 Å². The molecule has 1 unspecified atom stereocenters. The number of nitrogens with one attached hydrogen (secondary N) is 1. The molecule has 0 bridgehead atoms. The second kappa shape index (κ2) is 3.20. The molecule has 2 N–H and O–H groups in total. The van der Waals surface area contributed by atoms with Gasteiger partial charge < -0.3 is 10.4 Å². The fourth-order valence-corrected chi connectivity index (χ4v) is 2.38. The number of anilines is 1. The summed E-state index contributed by atoms with van der Waals surface area (Å²) in [5, 5.41) is 12.8. The van der Waals surface area contributed by atoms with Crippen LogP contribution in [0, 0.1) is 12.3 Å². The molecule has 1 atom stereocenters. The van der Waals surface area contributed by atoms with Gasteiger partial charge in [0, 0.05) is 10.9 Å².